The number of benzene rings is 2. The first-order chi connectivity index (χ1) is 15.5. The smallest absolute Gasteiger partial charge is 0.336 e. The highest BCUT2D eigenvalue weighted by molar-refractivity contribution is 5.96. The van der Waals surface area contributed by atoms with Gasteiger partial charge in [0.25, 0.3) is 0 Å². The minimum absolute atomic E-state index is 0.324. The van der Waals surface area contributed by atoms with Gasteiger partial charge in [0.15, 0.2) is 5.82 Å². The van der Waals surface area contributed by atoms with Gasteiger partial charge in [0.2, 0.25) is 0 Å². The van der Waals surface area contributed by atoms with Gasteiger partial charge < -0.3 is 5.11 Å². The van der Waals surface area contributed by atoms with Crippen LogP contribution in [-0.2, 0) is 13.0 Å². The summed E-state index contributed by atoms with van der Waals surface area (Å²) in [6.07, 6.45) is 8.11. The lowest BCUT2D eigenvalue weighted by Crippen LogP contribution is -2.10. The van der Waals surface area contributed by atoms with Crippen molar-refractivity contribution in [2.45, 2.75) is 71.3 Å². The van der Waals surface area contributed by atoms with Gasteiger partial charge in [0.05, 0.1) is 12.1 Å². The van der Waals surface area contributed by atoms with Crippen LogP contribution in [0.2, 0.25) is 0 Å². The molecular formula is C27H33N3O2. The van der Waals surface area contributed by atoms with Gasteiger partial charge in [-0.05, 0) is 47.9 Å². The standard InChI is InChI=1S/C27H33N3O2/c1-19(2)13-16-25-28-26(22-11-7-4-8-12-22)29-30(25)18-20-14-15-23(24(17-20)27(31)32)21-9-5-3-6-10-21/h3,5-6,9-10,14-15,17,19,22H,4,7-8,11-13,16,18H2,1-2H3,(H,31,32). The van der Waals surface area contributed by atoms with Crippen LogP contribution in [-0.4, -0.2) is 25.8 Å². The Morgan fingerprint density at radius 1 is 1.09 bits per heavy atom. The van der Waals surface area contributed by atoms with Crippen LogP contribution in [0.4, 0.5) is 0 Å². The Morgan fingerprint density at radius 3 is 2.53 bits per heavy atom. The molecule has 0 atom stereocenters. The molecule has 5 nitrogen and oxygen atoms in total. The number of hydrogen-bond acceptors (Lipinski definition) is 3. The Balaban J connectivity index is 1.64. The van der Waals surface area contributed by atoms with Crippen molar-refractivity contribution in [1.82, 2.24) is 14.8 Å². The average molecular weight is 432 g/mol. The first-order valence-electron chi connectivity index (χ1n) is 11.9. The first-order valence-corrected chi connectivity index (χ1v) is 11.9. The number of aromatic nitrogens is 3. The molecule has 0 radical (unpaired) electrons. The van der Waals surface area contributed by atoms with Gasteiger partial charge in [-0.25, -0.2) is 14.5 Å². The molecule has 1 aliphatic rings. The Labute approximate surface area is 190 Å². The first kappa shape index (κ1) is 22.3. The molecule has 1 fully saturated rings. The number of carbonyl (C=O) groups is 1. The van der Waals surface area contributed by atoms with Crippen molar-refractivity contribution in [2.24, 2.45) is 5.92 Å². The summed E-state index contributed by atoms with van der Waals surface area (Å²) >= 11 is 0. The van der Waals surface area contributed by atoms with Gasteiger partial charge >= 0.3 is 5.97 Å². The zero-order valence-electron chi connectivity index (χ0n) is 19.1. The monoisotopic (exact) mass is 431 g/mol. The predicted molar refractivity (Wildman–Crippen MR) is 127 cm³/mol. The molecule has 1 heterocycles. The Morgan fingerprint density at radius 2 is 1.84 bits per heavy atom. The predicted octanol–water partition coefficient (Wildman–Crippen LogP) is 6.33. The van der Waals surface area contributed by atoms with Crippen LogP contribution >= 0.6 is 0 Å². The number of hydrogen-bond donors (Lipinski definition) is 1. The molecule has 0 aliphatic heterocycles. The van der Waals surface area contributed by atoms with E-state index in [0.717, 1.165) is 41.2 Å². The number of nitrogens with zero attached hydrogens (tertiary/aromatic N) is 3. The van der Waals surface area contributed by atoms with Crippen LogP contribution < -0.4 is 0 Å². The maximum absolute atomic E-state index is 12.0. The average Bonchev–Trinajstić information content (AvgIpc) is 3.21. The lowest BCUT2D eigenvalue weighted by molar-refractivity contribution is 0.0697. The van der Waals surface area contributed by atoms with Crippen molar-refractivity contribution in [3.63, 3.8) is 0 Å². The second kappa shape index (κ2) is 10.1. The molecular weight excluding hydrogens is 398 g/mol. The van der Waals surface area contributed by atoms with Crippen molar-refractivity contribution in [2.75, 3.05) is 0 Å². The van der Waals surface area contributed by atoms with Crippen molar-refractivity contribution in [1.29, 1.82) is 0 Å². The van der Waals surface area contributed by atoms with Crippen LogP contribution in [0.15, 0.2) is 48.5 Å². The van der Waals surface area contributed by atoms with Crippen LogP contribution in [0, 0.1) is 5.92 Å². The fourth-order valence-corrected chi connectivity index (χ4v) is 4.57. The molecule has 0 saturated heterocycles. The molecule has 3 aromatic rings. The molecule has 1 N–H and O–H groups in total. The maximum Gasteiger partial charge on any atom is 0.336 e. The summed E-state index contributed by atoms with van der Waals surface area (Å²) < 4.78 is 2.01. The number of carboxylic acid groups (broad SMARTS) is 1. The normalized spacial score (nSPS) is 14.7. The van der Waals surface area contributed by atoms with E-state index in [0.29, 0.717) is 23.9 Å². The third kappa shape index (κ3) is 5.26. The Hall–Kier alpha value is -2.95. The van der Waals surface area contributed by atoms with E-state index >= 15 is 0 Å². The molecule has 32 heavy (non-hydrogen) atoms. The van der Waals surface area contributed by atoms with Gasteiger partial charge in [-0.1, -0.05) is 75.6 Å². The second-order valence-electron chi connectivity index (χ2n) is 9.36. The summed E-state index contributed by atoms with van der Waals surface area (Å²) in [5, 5.41) is 14.8. The molecule has 1 aromatic heterocycles. The fourth-order valence-electron chi connectivity index (χ4n) is 4.57. The molecule has 4 rings (SSSR count). The number of aromatic carboxylic acids is 1. The largest absolute Gasteiger partial charge is 0.478 e. The van der Waals surface area contributed by atoms with Gasteiger partial charge in [0.1, 0.15) is 5.82 Å². The molecule has 168 valence electrons. The van der Waals surface area contributed by atoms with Crippen LogP contribution in [0.25, 0.3) is 11.1 Å². The highest BCUT2D eigenvalue weighted by atomic mass is 16.4. The van der Waals surface area contributed by atoms with E-state index in [1.807, 2.05) is 47.1 Å². The second-order valence-corrected chi connectivity index (χ2v) is 9.36. The van der Waals surface area contributed by atoms with Crippen LogP contribution in [0.5, 0.6) is 0 Å². The summed E-state index contributed by atoms with van der Waals surface area (Å²) in [6.45, 7) is 5.00. The van der Waals surface area contributed by atoms with E-state index in [-0.39, 0.29) is 0 Å². The number of aryl methyl sites for hydroxylation is 1. The van der Waals surface area contributed by atoms with Gasteiger partial charge in [-0.15, -0.1) is 0 Å². The zero-order chi connectivity index (χ0) is 22.5. The van der Waals surface area contributed by atoms with Crippen LogP contribution in [0.1, 0.15) is 85.9 Å². The lowest BCUT2D eigenvalue weighted by atomic mass is 9.89. The Kier molecular flexibility index (Phi) is 7.03. The highest BCUT2D eigenvalue weighted by Gasteiger charge is 2.22. The summed E-state index contributed by atoms with van der Waals surface area (Å²) in [5.41, 5.74) is 2.91. The summed E-state index contributed by atoms with van der Waals surface area (Å²) in [4.78, 5) is 17.0. The van der Waals surface area contributed by atoms with Crippen molar-refractivity contribution in [3.05, 3.63) is 71.3 Å². The quantitative estimate of drug-likeness (QED) is 0.453. The summed E-state index contributed by atoms with van der Waals surface area (Å²) in [5.74, 6) is 2.14. The molecule has 2 aromatic carbocycles. The van der Waals surface area contributed by atoms with Crippen molar-refractivity contribution >= 4 is 5.97 Å². The molecule has 1 aliphatic carbocycles. The van der Waals surface area contributed by atoms with Gasteiger partial charge in [-0.3, -0.25) is 0 Å². The molecule has 0 unspecified atom stereocenters. The molecule has 5 heteroatoms. The van der Waals surface area contributed by atoms with Gasteiger partial charge in [0, 0.05) is 12.3 Å². The molecule has 0 bridgehead atoms. The third-order valence-corrected chi connectivity index (χ3v) is 6.41. The number of rotatable bonds is 8. The van der Waals surface area contributed by atoms with E-state index in [2.05, 4.69) is 13.8 Å². The summed E-state index contributed by atoms with van der Waals surface area (Å²) in [7, 11) is 0. The number of carboxylic acids is 1. The highest BCUT2D eigenvalue weighted by Crippen LogP contribution is 2.31. The zero-order valence-corrected chi connectivity index (χ0v) is 19.1. The summed E-state index contributed by atoms with van der Waals surface area (Å²) in [6, 6.07) is 15.4. The van der Waals surface area contributed by atoms with E-state index in [1.54, 1.807) is 6.07 Å². The molecule has 1 saturated carbocycles. The molecule has 0 spiro atoms. The van der Waals surface area contributed by atoms with Crippen LogP contribution in [0.3, 0.4) is 0 Å². The van der Waals surface area contributed by atoms with Crippen molar-refractivity contribution < 1.29 is 9.90 Å². The molecule has 0 amide bonds. The maximum atomic E-state index is 12.0. The van der Waals surface area contributed by atoms with Gasteiger partial charge in [-0.2, -0.15) is 5.10 Å². The fraction of sp³-hybridized carbons (Fsp3) is 0.444. The van der Waals surface area contributed by atoms with E-state index in [4.69, 9.17) is 10.1 Å². The van der Waals surface area contributed by atoms with E-state index in [1.165, 1.54) is 32.1 Å². The minimum Gasteiger partial charge on any atom is -0.478 e. The van der Waals surface area contributed by atoms with E-state index in [9.17, 15) is 9.90 Å². The Bertz CT molecular complexity index is 1050. The SMILES string of the molecule is CC(C)CCc1nc(C2CCCCC2)nn1Cc1ccc(-c2ccccc2)c(C(=O)O)c1. The van der Waals surface area contributed by atoms with Crippen molar-refractivity contribution in [3.8, 4) is 11.1 Å². The third-order valence-electron chi connectivity index (χ3n) is 6.41. The van der Waals surface area contributed by atoms with E-state index < -0.39 is 5.97 Å². The lowest BCUT2D eigenvalue weighted by Gasteiger charge is -2.18. The topological polar surface area (TPSA) is 68.0 Å². The minimum atomic E-state index is -0.910.